The number of hydrogen-bond donors (Lipinski definition) is 0. The van der Waals surface area contributed by atoms with Crippen molar-refractivity contribution >= 4 is 11.6 Å². The predicted octanol–water partition coefficient (Wildman–Crippen LogP) is 3.86. The largest absolute Gasteiger partial charge is 0.372 e. The molecular weight excluding hydrogens is 220 g/mol. The van der Waals surface area contributed by atoms with Gasteiger partial charge in [-0.05, 0) is 35.4 Å². The van der Waals surface area contributed by atoms with Gasteiger partial charge in [-0.25, -0.2) is 0 Å². The lowest BCUT2D eigenvalue weighted by molar-refractivity contribution is 0.107. The van der Waals surface area contributed by atoms with Gasteiger partial charge >= 0.3 is 0 Å². The van der Waals surface area contributed by atoms with Crippen LogP contribution in [0.3, 0.4) is 0 Å². The van der Waals surface area contributed by atoms with E-state index in [1.54, 1.807) is 0 Å². The van der Waals surface area contributed by atoms with E-state index in [0.717, 1.165) is 16.1 Å². The zero-order valence-electron chi connectivity index (χ0n) is 8.82. The van der Waals surface area contributed by atoms with E-state index >= 15 is 0 Å². The smallest absolute Gasteiger partial charge is 0.0721 e. The van der Waals surface area contributed by atoms with Gasteiger partial charge in [-0.15, -0.1) is 0 Å². The van der Waals surface area contributed by atoms with E-state index in [9.17, 15) is 0 Å². The first kappa shape index (κ1) is 11.2. The number of halogens is 1. The van der Waals surface area contributed by atoms with Crippen molar-refractivity contribution in [3.63, 3.8) is 0 Å². The van der Waals surface area contributed by atoms with E-state index in [2.05, 4.69) is 6.07 Å². The SMILES string of the molecule is Clc1ccc(COCc2c[c]ccc2)cc1. The minimum absolute atomic E-state index is 0.603. The molecule has 0 bridgehead atoms. The third-order valence-corrected chi connectivity index (χ3v) is 2.47. The van der Waals surface area contributed by atoms with E-state index in [4.69, 9.17) is 16.3 Å². The van der Waals surface area contributed by atoms with Gasteiger partial charge in [-0.3, -0.25) is 0 Å². The van der Waals surface area contributed by atoms with Gasteiger partial charge in [0.15, 0.2) is 0 Å². The minimum Gasteiger partial charge on any atom is -0.372 e. The lowest BCUT2D eigenvalue weighted by Crippen LogP contribution is -1.93. The fraction of sp³-hybridized carbons (Fsp3) is 0.143. The van der Waals surface area contributed by atoms with Crippen LogP contribution in [0.2, 0.25) is 5.02 Å². The van der Waals surface area contributed by atoms with Crippen LogP contribution in [0, 0.1) is 6.07 Å². The van der Waals surface area contributed by atoms with Crippen molar-refractivity contribution < 1.29 is 4.74 Å². The standard InChI is InChI=1S/C14H12ClO/c15-14-8-6-13(7-9-14)11-16-10-12-4-2-1-3-5-12/h1-2,4-9H,10-11H2. The summed E-state index contributed by atoms with van der Waals surface area (Å²) in [4.78, 5) is 0. The summed E-state index contributed by atoms with van der Waals surface area (Å²) >= 11 is 5.80. The lowest BCUT2D eigenvalue weighted by atomic mass is 10.2. The van der Waals surface area contributed by atoms with Gasteiger partial charge in [0.1, 0.15) is 0 Å². The van der Waals surface area contributed by atoms with Crippen LogP contribution in [0.4, 0.5) is 0 Å². The summed E-state index contributed by atoms with van der Waals surface area (Å²) in [6.07, 6.45) is 0. The summed E-state index contributed by atoms with van der Waals surface area (Å²) in [7, 11) is 0. The Balaban J connectivity index is 1.82. The highest BCUT2D eigenvalue weighted by molar-refractivity contribution is 6.30. The average Bonchev–Trinajstić information content (AvgIpc) is 2.33. The highest BCUT2D eigenvalue weighted by atomic mass is 35.5. The molecule has 2 heteroatoms. The molecule has 1 radical (unpaired) electrons. The van der Waals surface area contributed by atoms with Crippen molar-refractivity contribution in [3.8, 4) is 0 Å². The maximum absolute atomic E-state index is 5.80. The zero-order chi connectivity index (χ0) is 11.2. The monoisotopic (exact) mass is 231 g/mol. The van der Waals surface area contributed by atoms with Crippen LogP contribution in [-0.4, -0.2) is 0 Å². The van der Waals surface area contributed by atoms with E-state index in [-0.39, 0.29) is 0 Å². The molecule has 2 aromatic carbocycles. The predicted molar refractivity (Wildman–Crippen MR) is 65.2 cm³/mol. The highest BCUT2D eigenvalue weighted by Crippen LogP contribution is 2.11. The molecule has 0 aromatic heterocycles. The van der Waals surface area contributed by atoms with Gasteiger partial charge in [0.25, 0.3) is 0 Å². The van der Waals surface area contributed by atoms with Gasteiger partial charge in [0, 0.05) is 5.02 Å². The van der Waals surface area contributed by atoms with Gasteiger partial charge < -0.3 is 4.74 Å². The molecular formula is C14H12ClO. The van der Waals surface area contributed by atoms with Crippen molar-refractivity contribution in [2.45, 2.75) is 13.2 Å². The first-order chi connectivity index (χ1) is 7.84. The Labute approximate surface area is 101 Å². The quantitative estimate of drug-likeness (QED) is 0.777. The summed E-state index contributed by atoms with van der Waals surface area (Å²) in [5.74, 6) is 0. The molecule has 0 aliphatic carbocycles. The Bertz CT molecular complexity index is 422. The molecule has 1 nitrogen and oxygen atoms in total. The van der Waals surface area contributed by atoms with Crippen LogP contribution < -0.4 is 0 Å². The molecule has 0 amide bonds. The molecule has 0 heterocycles. The first-order valence-electron chi connectivity index (χ1n) is 5.12. The zero-order valence-corrected chi connectivity index (χ0v) is 9.58. The molecule has 0 atom stereocenters. The molecule has 0 N–H and O–H groups in total. The molecule has 2 rings (SSSR count). The fourth-order valence-electron chi connectivity index (χ4n) is 1.39. The van der Waals surface area contributed by atoms with Crippen molar-refractivity contribution in [2.24, 2.45) is 0 Å². The van der Waals surface area contributed by atoms with E-state index < -0.39 is 0 Å². The second-order valence-corrected chi connectivity index (χ2v) is 3.97. The van der Waals surface area contributed by atoms with Crippen LogP contribution in [0.15, 0.2) is 48.5 Å². The second-order valence-electron chi connectivity index (χ2n) is 3.53. The maximum atomic E-state index is 5.80. The van der Waals surface area contributed by atoms with Gasteiger partial charge in [-0.2, -0.15) is 0 Å². The molecule has 0 saturated carbocycles. The number of rotatable bonds is 4. The Kier molecular flexibility index (Phi) is 3.97. The second kappa shape index (κ2) is 5.69. The summed E-state index contributed by atoms with van der Waals surface area (Å²) in [5.41, 5.74) is 2.26. The summed E-state index contributed by atoms with van der Waals surface area (Å²) in [6.45, 7) is 1.21. The van der Waals surface area contributed by atoms with Crippen LogP contribution in [0.5, 0.6) is 0 Å². The van der Waals surface area contributed by atoms with Crippen LogP contribution in [-0.2, 0) is 18.0 Å². The summed E-state index contributed by atoms with van der Waals surface area (Å²) < 4.78 is 5.58. The van der Waals surface area contributed by atoms with Crippen LogP contribution in [0.25, 0.3) is 0 Å². The van der Waals surface area contributed by atoms with E-state index in [1.807, 2.05) is 48.5 Å². The summed E-state index contributed by atoms with van der Waals surface area (Å²) in [6, 6.07) is 18.5. The van der Waals surface area contributed by atoms with Crippen LogP contribution in [0.1, 0.15) is 11.1 Å². The number of ether oxygens (including phenoxy) is 1. The first-order valence-corrected chi connectivity index (χ1v) is 5.49. The van der Waals surface area contributed by atoms with Crippen molar-refractivity contribution in [3.05, 3.63) is 70.7 Å². The molecule has 0 aliphatic heterocycles. The molecule has 2 aromatic rings. The van der Waals surface area contributed by atoms with Crippen molar-refractivity contribution in [1.82, 2.24) is 0 Å². The van der Waals surface area contributed by atoms with Gasteiger partial charge in [-0.1, -0.05) is 41.9 Å². The number of hydrogen-bond acceptors (Lipinski definition) is 1. The molecule has 16 heavy (non-hydrogen) atoms. The van der Waals surface area contributed by atoms with Gasteiger partial charge in [0.2, 0.25) is 0 Å². The minimum atomic E-state index is 0.603. The van der Waals surface area contributed by atoms with Crippen LogP contribution >= 0.6 is 11.6 Å². The molecule has 0 fully saturated rings. The molecule has 0 saturated heterocycles. The van der Waals surface area contributed by atoms with Crippen molar-refractivity contribution in [2.75, 3.05) is 0 Å². The molecule has 0 spiro atoms. The molecule has 81 valence electrons. The third kappa shape index (κ3) is 3.37. The van der Waals surface area contributed by atoms with Crippen molar-refractivity contribution in [1.29, 1.82) is 0 Å². The third-order valence-electron chi connectivity index (χ3n) is 2.22. The Morgan fingerprint density at radius 3 is 2.44 bits per heavy atom. The van der Waals surface area contributed by atoms with E-state index in [0.29, 0.717) is 13.2 Å². The van der Waals surface area contributed by atoms with Gasteiger partial charge in [0.05, 0.1) is 13.2 Å². The lowest BCUT2D eigenvalue weighted by Gasteiger charge is -2.04. The fourth-order valence-corrected chi connectivity index (χ4v) is 1.51. The maximum Gasteiger partial charge on any atom is 0.0721 e. The Hall–Kier alpha value is -1.31. The Morgan fingerprint density at radius 1 is 1.00 bits per heavy atom. The summed E-state index contributed by atoms with van der Waals surface area (Å²) in [5, 5.41) is 0.751. The normalized spacial score (nSPS) is 10.3. The van der Waals surface area contributed by atoms with E-state index in [1.165, 1.54) is 0 Å². The Morgan fingerprint density at radius 2 is 1.75 bits per heavy atom. The topological polar surface area (TPSA) is 9.23 Å². The average molecular weight is 232 g/mol. The molecule has 0 aliphatic rings. The molecule has 0 unspecified atom stereocenters. The highest BCUT2D eigenvalue weighted by Gasteiger charge is 1.95. The number of benzene rings is 2.